The minimum atomic E-state index is -0.212. The minimum absolute atomic E-state index is 0.212. The molecule has 19 heavy (non-hydrogen) atoms. The molecule has 0 N–H and O–H groups in total. The topological polar surface area (TPSA) is 18.5 Å². The molecule has 2 nitrogen and oxygen atoms in total. The maximum absolute atomic E-state index is 5.45. The van der Waals surface area contributed by atoms with Crippen molar-refractivity contribution in [3.63, 3.8) is 0 Å². The van der Waals surface area contributed by atoms with Crippen molar-refractivity contribution >= 4 is 0 Å². The Morgan fingerprint density at radius 1 is 0.737 bits per heavy atom. The Morgan fingerprint density at radius 3 is 1.95 bits per heavy atom. The summed E-state index contributed by atoms with van der Waals surface area (Å²) >= 11 is 0. The summed E-state index contributed by atoms with van der Waals surface area (Å²) in [4.78, 5) is 0. The van der Waals surface area contributed by atoms with E-state index in [2.05, 4.69) is 11.8 Å². The van der Waals surface area contributed by atoms with Gasteiger partial charge in [-0.25, -0.2) is 0 Å². The monoisotopic (exact) mass is 250 g/mol. The van der Waals surface area contributed by atoms with Crippen molar-refractivity contribution < 1.29 is 9.47 Å². The highest BCUT2D eigenvalue weighted by molar-refractivity contribution is 5.43. The Bertz CT molecular complexity index is 585. The van der Waals surface area contributed by atoms with Crippen LogP contribution in [0.1, 0.15) is 23.0 Å². The van der Waals surface area contributed by atoms with Crippen LogP contribution in [-0.4, -0.2) is 13.2 Å². The van der Waals surface area contributed by atoms with E-state index in [9.17, 15) is 0 Å². The Morgan fingerprint density at radius 2 is 1.32 bits per heavy atom. The highest BCUT2D eigenvalue weighted by Crippen LogP contribution is 2.23. The first-order valence-corrected chi connectivity index (χ1v) is 6.32. The van der Waals surface area contributed by atoms with E-state index >= 15 is 0 Å². The van der Waals surface area contributed by atoms with Crippen LogP contribution in [0.4, 0.5) is 0 Å². The normalized spacial score (nSPS) is 14.9. The van der Waals surface area contributed by atoms with Crippen molar-refractivity contribution in [3.8, 4) is 11.8 Å². The number of ether oxygens (including phenoxy) is 2. The van der Waals surface area contributed by atoms with Gasteiger partial charge >= 0.3 is 0 Å². The summed E-state index contributed by atoms with van der Waals surface area (Å²) in [5, 5.41) is 0. The lowest BCUT2D eigenvalue weighted by atomic mass is 10.1. The van der Waals surface area contributed by atoms with Gasteiger partial charge in [-0.3, -0.25) is 0 Å². The predicted molar refractivity (Wildman–Crippen MR) is 73.5 cm³/mol. The van der Waals surface area contributed by atoms with E-state index in [-0.39, 0.29) is 6.29 Å². The summed E-state index contributed by atoms with van der Waals surface area (Å²) in [5.41, 5.74) is 3.06. The van der Waals surface area contributed by atoms with E-state index in [1.807, 2.05) is 54.6 Å². The second-order valence-electron chi connectivity index (χ2n) is 4.31. The molecule has 2 aromatic rings. The van der Waals surface area contributed by atoms with Gasteiger partial charge in [0.15, 0.2) is 6.29 Å². The molecular weight excluding hydrogens is 236 g/mol. The molecule has 3 rings (SSSR count). The average molecular weight is 250 g/mol. The van der Waals surface area contributed by atoms with Gasteiger partial charge in [0, 0.05) is 16.7 Å². The molecular formula is C17H14O2. The van der Waals surface area contributed by atoms with Gasteiger partial charge in [-0.2, -0.15) is 0 Å². The predicted octanol–water partition coefficient (Wildman–Crippen LogP) is 3.13. The summed E-state index contributed by atoms with van der Waals surface area (Å²) in [7, 11) is 0. The van der Waals surface area contributed by atoms with Crippen LogP contribution in [0.3, 0.4) is 0 Å². The van der Waals surface area contributed by atoms with Gasteiger partial charge in [-0.05, 0) is 24.3 Å². The van der Waals surface area contributed by atoms with Gasteiger partial charge in [0.05, 0.1) is 13.2 Å². The zero-order valence-corrected chi connectivity index (χ0v) is 10.5. The molecule has 1 aliphatic heterocycles. The molecule has 0 aliphatic carbocycles. The van der Waals surface area contributed by atoms with Gasteiger partial charge in [-0.1, -0.05) is 42.2 Å². The maximum atomic E-state index is 5.45. The Kier molecular flexibility index (Phi) is 3.60. The fourth-order valence-corrected chi connectivity index (χ4v) is 1.94. The summed E-state index contributed by atoms with van der Waals surface area (Å²) < 4.78 is 10.9. The second-order valence-corrected chi connectivity index (χ2v) is 4.31. The fraction of sp³-hybridized carbons (Fsp3) is 0.176. The first-order chi connectivity index (χ1) is 9.42. The second kappa shape index (κ2) is 5.71. The minimum Gasteiger partial charge on any atom is -0.346 e. The SMILES string of the molecule is C(#Cc1ccc(C2OCCO2)cc1)c1ccccc1. The lowest BCUT2D eigenvalue weighted by Gasteiger charge is -2.08. The lowest BCUT2D eigenvalue weighted by Crippen LogP contribution is -1.97. The molecule has 0 aromatic heterocycles. The van der Waals surface area contributed by atoms with Gasteiger partial charge in [0.25, 0.3) is 0 Å². The first kappa shape index (κ1) is 12.0. The van der Waals surface area contributed by atoms with E-state index in [0.717, 1.165) is 16.7 Å². The van der Waals surface area contributed by atoms with Crippen LogP contribution in [0.5, 0.6) is 0 Å². The van der Waals surface area contributed by atoms with E-state index in [4.69, 9.17) is 9.47 Å². The Labute approximate surface area is 113 Å². The molecule has 0 radical (unpaired) electrons. The number of rotatable bonds is 1. The molecule has 1 fully saturated rings. The van der Waals surface area contributed by atoms with Gasteiger partial charge in [0.2, 0.25) is 0 Å². The molecule has 1 aliphatic rings. The zero-order chi connectivity index (χ0) is 12.9. The fourth-order valence-electron chi connectivity index (χ4n) is 1.94. The molecule has 0 saturated carbocycles. The van der Waals surface area contributed by atoms with Crippen molar-refractivity contribution in [2.24, 2.45) is 0 Å². The summed E-state index contributed by atoms with van der Waals surface area (Å²) in [6.07, 6.45) is -0.212. The van der Waals surface area contributed by atoms with Gasteiger partial charge in [0.1, 0.15) is 0 Å². The molecule has 0 unspecified atom stereocenters. The molecule has 2 aromatic carbocycles. The smallest absolute Gasteiger partial charge is 0.184 e. The van der Waals surface area contributed by atoms with Crippen LogP contribution in [0, 0.1) is 11.8 Å². The van der Waals surface area contributed by atoms with Crippen molar-refractivity contribution in [3.05, 3.63) is 71.3 Å². The molecule has 0 spiro atoms. The highest BCUT2D eigenvalue weighted by atomic mass is 16.7. The van der Waals surface area contributed by atoms with Gasteiger partial charge in [-0.15, -0.1) is 0 Å². The number of hydrogen-bond donors (Lipinski definition) is 0. The van der Waals surface area contributed by atoms with Crippen molar-refractivity contribution in [2.75, 3.05) is 13.2 Å². The van der Waals surface area contributed by atoms with Crippen molar-refractivity contribution in [2.45, 2.75) is 6.29 Å². The third-order valence-corrected chi connectivity index (χ3v) is 2.93. The van der Waals surface area contributed by atoms with Crippen LogP contribution in [-0.2, 0) is 9.47 Å². The van der Waals surface area contributed by atoms with Crippen molar-refractivity contribution in [1.29, 1.82) is 0 Å². The van der Waals surface area contributed by atoms with Crippen LogP contribution in [0.2, 0.25) is 0 Å². The molecule has 1 saturated heterocycles. The van der Waals surface area contributed by atoms with Crippen molar-refractivity contribution in [1.82, 2.24) is 0 Å². The third-order valence-electron chi connectivity index (χ3n) is 2.93. The largest absolute Gasteiger partial charge is 0.346 e. The molecule has 0 atom stereocenters. The molecule has 0 bridgehead atoms. The van der Waals surface area contributed by atoms with E-state index in [0.29, 0.717) is 13.2 Å². The summed E-state index contributed by atoms with van der Waals surface area (Å²) in [6, 6.07) is 18.0. The molecule has 1 heterocycles. The molecule has 0 amide bonds. The van der Waals surface area contributed by atoms with Crippen LogP contribution in [0.15, 0.2) is 54.6 Å². The highest BCUT2D eigenvalue weighted by Gasteiger charge is 2.17. The third kappa shape index (κ3) is 3.03. The Hall–Kier alpha value is -2.08. The quantitative estimate of drug-likeness (QED) is 0.724. The first-order valence-electron chi connectivity index (χ1n) is 6.32. The average Bonchev–Trinajstić information content (AvgIpc) is 3.01. The van der Waals surface area contributed by atoms with E-state index in [1.165, 1.54) is 0 Å². The van der Waals surface area contributed by atoms with Crippen LogP contribution >= 0.6 is 0 Å². The zero-order valence-electron chi connectivity index (χ0n) is 10.5. The van der Waals surface area contributed by atoms with E-state index in [1.54, 1.807) is 0 Å². The number of hydrogen-bond acceptors (Lipinski definition) is 2. The standard InChI is InChI=1S/C17H14O2/c1-2-4-14(5-3-1)6-7-15-8-10-16(11-9-15)17-18-12-13-19-17/h1-5,8-11,17H,12-13H2. The lowest BCUT2D eigenvalue weighted by molar-refractivity contribution is -0.0441. The van der Waals surface area contributed by atoms with Gasteiger partial charge < -0.3 is 9.47 Å². The summed E-state index contributed by atoms with van der Waals surface area (Å²) in [6.45, 7) is 1.33. The van der Waals surface area contributed by atoms with Crippen LogP contribution < -0.4 is 0 Å². The van der Waals surface area contributed by atoms with Crippen LogP contribution in [0.25, 0.3) is 0 Å². The van der Waals surface area contributed by atoms with E-state index < -0.39 is 0 Å². The summed E-state index contributed by atoms with van der Waals surface area (Å²) in [5.74, 6) is 6.28. The molecule has 94 valence electrons. The number of benzene rings is 2. The Balaban J connectivity index is 1.74. The molecule has 2 heteroatoms. The maximum Gasteiger partial charge on any atom is 0.184 e.